The lowest BCUT2D eigenvalue weighted by molar-refractivity contribution is 0.0996. The zero-order chi connectivity index (χ0) is 62.3. The summed E-state index contributed by atoms with van der Waals surface area (Å²) in [5, 5.41) is 17.2. The van der Waals surface area contributed by atoms with Crippen molar-refractivity contribution >= 4 is 99.7 Å². The Labute approximate surface area is 506 Å². The first kappa shape index (κ1) is 63.3. The van der Waals surface area contributed by atoms with Crippen LogP contribution in [0.25, 0.3) is 0 Å². The van der Waals surface area contributed by atoms with Gasteiger partial charge in [-0.15, -0.1) is 0 Å². The van der Waals surface area contributed by atoms with Crippen LogP contribution in [0.1, 0.15) is 57.3 Å². The van der Waals surface area contributed by atoms with Crippen molar-refractivity contribution in [2.75, 3.05) is 55.6 Å². The molecule has 4 aliphatic rings. The number of ether oxygens (including phenoxy) is 4. The van der Waals surface area contributed by atoms with Crippen LogP contribution in [0, 0.1) is 11.6 Å². The monoisotopic (exact) mass is 1310 g/mol. The second-order valence-corrected chi connectivity index (χ2v) is 27.1. The zero-order valence-electron chi connectivity index (χ0n) is 46.0. The molecule has 5 aromatic heterocycles. The number of nitrogens with zero attached hydrogens (tertiary/aromatic N) is 5. The van der Waals surface area contributed by atoms with Crippen molar-refractivity contribution < 1.29 is 72.5 Å². The number of sulfonamides is 3. The topological polar surface area (TPSA) is 324 Å². The Hall–Kier alpha value is -7.23. The summed E-state index contributed by atoms with van der Waals surface area (Å²) in [6, 6.07) is 14.1. The van der Waals surface area contributed by atoms with Gasteiger partial charge in [0.05, 0.1) is 39.9 Å². The van der Waals surface area contributed by atoms with E-state index < -0.39 is 82.6 Å². The minimum Gasteiger partial charge on any atom is -0.488 e. The molecule has 86 heavy (non-hydrogen) atoms. The van der Waals surface area contributed by atoms with E-state index >= 15 is 0 Å². The number of hydrogen-bond acceptors (Lipinski definition) is 16. The number of benzene rings is 2. The molecule has 0 radical (unpaired) electrons. The molecule has 3 unspecified atom stereocenters. The standard InChI is InChI=1S/C21H20ClFN4O4S.C17H17ClFN3O5S.C15H17ClN4O5S/c1-21(9-13-4-3-7-24-10-13)12-31-19-17(32(29,30)26-21)11-27(2)18(19)20(28)25-14-5-6-16(23)15(22)8-14;1-22-7-13-15(27-9-17(4-5-26-8-17)21-28(13,24)25)14(22)16(23)20-10-2-3-12(19)11(18)6-10;1-15(7-21)8-25-13-10(26(23,24)19-15)6-20(2)12(13)14(22)18-9-3-4-17-11(16)5-9/h3-8,10-11,26H,9,12H2,1-2H3,(H,25,28);2-3,6-7,21H,4-5,8-9H2,1H3,(H,20,23);3-6,19,21H,7-8H2,1-2H3,(H,17,18,22). The minimum absolute atomic E-state index is 0.0106. The van der Waals surface area contributed by atoms with Gasteiger partial charge in [-0.2, -0.15) is 9.44 Å². The lowest BCUT2D eigenvalue weighted by Gasteiger charge is -2.27. The number of rotatable bonds is 9. The molecule has 1 spiro atoms. The molecular formula is C53H54Cl3F2N11O14S3. The van der Waals surface area contributed by atoms with Crippen LogP contribution in [0.4, 0.5) is 25.8 Å². The summed E-state index contributed by atoms with van der Waals surface area (Å²) in [4.78, 5) is 45.9. The van der Waals surface area contributed by atoms with Crippen LogP contribution in [0.2, 0.25) is 15.2 Å². The molecule has 33 heteroatoms. The molecule has 458 valence electrons. The van der Waals surface area contributed by atoms with E-state index in [-0.39, 0.29) is 102 Å². The number of halogens is 5. The summed E-state index contributed by atoms with van der Waals surface area (Å²) in [6.07, 6.45) is 9.46. The van der Waals surface area contributed by atoms with E-state index in [0.29, 0.717) is 25.1 Å². The van der Waals surface area contributed by atoms with Gasteiger partial charge in [-0.05, 0) is 86.8 Å². The summed E-state index contributed by atoms with van der Waals surface area (Å²) in [5.74, 6) is -3.20. The highest BCUT2D eigenvalue weighted by Gasteiger charge is 2.46. The molecule has 0 aliphatic carbocycles. The SMILES string of the molecule is Cn1cc2c(c1C(=O)Nc1ccc(F)c(Cl)c1)OCC(C)(Cc1cccnc1)NS2(=O)=O.Cn1cc2c(c1C(=O)Nc1ccc(F)c(Cl)c1)OCC1(CCOC1)NS2(=O)=O.Cn1cc2c(c1C(=O)Nc1ccnc(Cl)c1)OCC(C)(CO)NS2(=O)=O. The first-order valence-corrected chi connectivity index (χ1v) is 31.1. The van der Waals surface area contributed by atoms with Crippen LogP contribution < -0.4 is 44.3 Å². The molecule has 7 N–H and O–H groups in total. The van der Waals surface area contributed by atoms with E-state index in [4.69, 9.17) is 53.8 Å². The van der Waals surface area contributed by atoms with Gasteiger partial charge in [0.1, 0.15) is 51.3 Å². The van der Waals surface area contributed by atoms with Crippen LogP contribution >= 0.6 is 34.8 Å². The van der Waals surface area contributed by atoms with Gasteiger partial charge in [-0.25, -0.2) is 43.7 Å². The number of amides is 3. The van der Waals surface area contributed by atoms with Crippen LogP contribution in [-0.2, 0) is 62.4 Å². The summed E-state index contributed by atoms with van der Waals surface area (Å²) in [5.41, 5.74) is -1.20. The Bertz CT molecular complexity index is 4170. The highest BCUT2D eigenvalue weighted by atomic mass is 35.5. The number of aryl methyl sites for hydroxylation is 3. The van der Waals surface area contributed by atoms with Crippen molar-refractivity contribution in [1.29, 1.82) is 0 Å². The number of carbonyl (C=O) groups is 3. The van der Waals surface area contributed by atoms with Crippen LogP contribution in [-0.4, -0.2) is 128 Å². The third kappa shape index (κ3) is 13.6. The molecule has 9 heterocycles. The third-order valence-corrected chi connectivity index (χ3v) is 19.2. The van der Waals surface area contributed by atoms with E-state index in [1.807, 2.05) is 6.07 Å². The predicted molar refractivity (Wildman–Crippen MR) is 310 cm³/mol. The largest absolute Gasteiger partial charge is 0.488 e. The number of carbonyl (C=O) groups excluding carboxylic acids is 3. The Morgan fingerprint density at radius 1 is 0.628 bits per heavy atom. The minimum atomic E-state index is -3.99. The fraction of sp³-hybridized carbons (Fsp3) is 0.302. The lowest BCUT2D eigenvalue weighted by atomic mass is 9.96. The molecule has 4 aliphatic heterocycles. The van der Waals surface area contributed by atoms with E-state index in [2.05, 4.69) is 40.1 Å². The maximum Gasteiger partial charge on any atom is 0.276 e. The second-order valence-electron chi connectivity index (χ2n) is 20.9. The first-order chi connectivity index (χ1) is 40.4. The van der Waals surface area contributed by atoms with Crippen molar-refractivity contribution in [2.24, 2.45) is 21.1 Å². The van der Waals surface area contributed by atoms with Gasteiger partial charge < -0.3 is 53.7 Å². The molecule has 11 rings (SSSR count). The van der Waals surface area contributed by atoms with E-state index in [0.717, 1.165) is 17.7 Å². The van der Waals surface area contributed by atoms with Gasteiger partial charge in [-0.1, -0.05) is 40.9 Å². The third-order valence-electron chi connectivity index (χ3n) is 13.6. The van der Waals surface area contributed by atoms with Crippen LogP contribution in [0.5, 0.6) is 17.2 Å². The maximum atomic E-state index is 13.4. The van der Waals surface area contributed by atoms with Gasteiger partial charge in [0.25, 0.3) is 17.7 Å². The predicted octanol–water partition coefficient (Wildman–Crippen LogP) is 5.78. The highest BCUT2D eigenvalue weighted by Crippen LogP contribution is 2.39. The van der Waals surface area contributed by atoms with Gasteiger partial charge in [0.15, 0.2) is 34.3 Å². The van der Waals surface area contributed by atoms with Crippen molar-refractivity contribution in [2.45, 2.75) is 58.0 Å². The smallest absolute Gasteiger partial charge is 0.276 e. The van der Waals surface area contributed by atoms with Crippen molar-refractivity contribution in [3.8, 4) is 17.2 Å². The highest BCUT2D eigenvalue weighted by molar-refractivity contribution is 7.90. The summed E-state index contributed by atoms with van der Waals surface area (Å²) >= 11 is 17.3. The fourth-order valence-corrected chi connectivity index (χ4v) is 14.8. The van der Waals surface area contributed by atoms with Gasteiger partial charge in [0, 0.05) is 82.0 Å². The molecule has 0 bridgehead atoms. The van der Waals surface area contributed by atoms with E-state index in [1.54, 1.807) is 31.5 Å². The summed E-state index contributed by atoms with van der Waals surface area (Å²) < 4.78 is 138. The number of aliphatic hydroxyl groups excluding tert-OH is 1. The quantitative estimate of drug-likeness (QED) is 0.0842. The number of hydrogen-bond donors (Lipinski definition) is 7. The molecule has 2 aromatic carbocycles. The molecule has 1 saturated heterocycles. The Morgan fingerprint density at radius 3 is 1.51 bits per heavy atom. The van der Waals surface area contributed by atoms with Gasteiger partial charge >= 0.3 is 0 Å². The number of nitrogens with one attached hydrogen (secondary N) is 6. The van der Waals surface area contributed by atoms with Crippen molar-refractivity contribution in [3.63, 3.8) is 0 Å². The van der Waals surface area contributed by atoms with Gasteiger partial charge in [-0.3, -0.25) is 19.4 Å². The Kier molecular flexibility index (Phi) is 18.0. The number of fused-ring (bicyclic) bond motifs is 3. The van der Waals surface area contributed by atoms with Gasteiger partial charge in [0.2, 0.25) is 30.1 Å². The Balaban J connectivity index is 0.000000155. The van der Waals surface area contributed by atoms with Crippen LogP contribution in [0.3, 0.4) is 0 Å². The number of aromatic nitrogens is 5. The molecule has 3 atom stereocenters. The molecule has 0 saturated carbocycles. The lowest BCUT2D eigenvalue weighted by Crippen LogP contribution is -2.51. The molecule has 3 amide bonds. The average molecular weight is 1310 g/mol. The fourth-order valence-electron chi connectivity index (χ4n) is 9.49. The van der Waals surface area contributed by atoms with Crippen LogP contribution in [0.15, 0.2) is 113 Å². The second kappa shape index (κ2) is 24.5. The number of aliphatic hydroxyl groups is 1. The number of pyridine rings is 2. The molecular weight excluding hydrogens is 1260 g/mol. The number of anilines is 3. The summed E-state index contributed by atoms with van der Waals surface area (Å²) in [7, 11) is -7.28. The first-order valence-electron chi connectivity index (χ1n) is 25.6. The summed E-state index contributed by atoms with van der Waals surface area (Å²) in [6.45, 7) is 3.27. The van der Waals surface area contributed by atoms with Crippen molar-refractivity contribution in [3.05, 3.63) is 147 Å². The Morgan fingerprint density at radius 2 is 1.08 bits per heavy atom. The molecule has 7 aromatic rings. The van der Waals surface area contributed by atoms with Crippen molar-refractivity contribution in [1.82, 2.24) is 37.8 Å². The average Bonchev–Trinajstić information content (AvgIpc) is 1.78. The van der Waals surface area contributed by atoms with E-state index in [9.17, 15) is 53.5 Å². The molecule has 1 fully saturated rings. The van der Waals surface area contributed by atoms with E-state index in [1.165, 1.54) is 96.9 Å². The normalized spacial score (nSPS) is 21.2. The zero-order valence-corrected chi connectivity index (χ0v) is 50.7. The maximum absolute atomic E-state index is 13.4. The molecule has 25 nitrogen and oxygen atoms in total.